The Balaban J connectivity index is 1.94. The van der Waals surface area contributed by atoms with Crippen molar-refractivity contribution < 1.29 is 17.9 Å². The van der Waals surface area contributed by atoms with E-state index in [9.17, 15) is 8.42 Å². The minimum atomic E-state index is -3.76. The Labute approximate surface area is 174 Å². The van der Waals surface area contributed by atoms with Crippen molar-refractivity contribution in [2.45, 2.75) is 37.3 Å². The number of rotatable bonds is 8. The quantitative estimate of drug-likeness (QED) is 0.657. The van der Waals surface area contributed by atoms with Crippen molar-refractivity contribution in [1.29, 1.82) is 0 Å². The first-order valence-corrected chi connectivity index (χ1v) is 11.3. The standard InChI is InChI=1S/C22H30N2O4S/c1-17-7-12-21(27-4)22(14-17)29(25,26)24(16-20-6-5-13-28-20)15-18-8-10-19(11-9-18)23(2)3/h7-12,14,20H,5-6,13,15-16H2,1-4H3/t20-/m1/s1. The zero-order valence-corrected chi connectivity index (χ0v) is 18.4. The first-order valence-electron chi connectivity index (χ1n) is 9.84. The molecule has 3 rings (SSSR count). The van der Waals surface area contributed by atoms with E-state index in [-0.39, 0.29) is 17.5 Å². The van der Waals surface area contributed by atoms with E-state index >= 15 is 0 Å². The molecule has 0 saturated carbocycles. The first-order chi connectivity index (χ1) is 13.8. The van der Waals surface area contributed by atoms with Gasteiger partial charge in [-0.25, -0.2) is 8.42 Å². The van der Waals surface area contributed by atoms with Gasteiger partial charge in [0.1, 0.15) is 10.6 Å². The van der Waals surface area contributed by atoms with Crippen LogP contribution in [-0.2, 0) is 21.3 Å². The minimum Gasteiger partial charge on any atom is -0.495 e. The molecule has 2 aromatic carbocycles. The third-order valence-corrected chi connectivity index (χ3v) is 7.01. The summed E-state index contributed by atoms with van der Waals surface area (Å²) in [6, 6.07) is 13.2. The van der Waals surface area contributed by atoms with Crippen LogP contribution in [0.3, 0.4) is 0 Å². The van der Waals surface area contributed by atoms with Crippen molar-refractivity contribution in [3.63, 3.8) is 0 Å². The van der Waals surface area contributed by atoms with Gasteiger partial charge in [-0.2, -0.15) is 4.31 Å². The highest BCUT2D eigenvalue weighted by Gasteiger charge is 2.31. The first kappa shape index (κ1) is 21.6. The molecule has 0 aromatic heterocycles. The van der Waals surface area contributed by atoms with Gasteiger partial charge in [0.05, 0.1) is 13.2 Å². The Morgan fingerprint density at radius 2 is 1.86 bits per heavy atom. The van der Waals surface area contributed by atoms with Crippen LogP contribution in [0.25, 0.3) is 0 Å². The number of hydrogen-bond acceptors (Lipinski definition) is 5. The van der Waals surface area contributed by atoms with Gasteiger partial charge >= 0.3 is 0 Å². The van der Waals surface area contributed by atoms with Crippen LogP contribution in [0.4, 0.5) is 5.69 Å². The molecule has 0 aliphatic carbocycles. The smallest absolute Gasteiger partial charge is 0.247 e. The van der Waals surface area contributed by atoms with Gasteiger partial charge in [0.2, 0.25) is 10.0 Å². The zero-order chi connectivity index (χ0) is 21.0. The topological polar surface area (TPSA) is 59.1 Å². The Kier molecular flexibility index (Phi) is 6.82. The van der Waals surface area contributed by atoms with Gasteiger partial charge in [0, 0.05) is 39.5 Å². The van der Waals surface area contributed by atoms with Crippen molar-refractivity contribution in [2.75, 3.05) is 39.3 Å². The third kappa shape index (κ3) is 5.10. The summed E-state index contributed by atoms with van der Waals surface area (Å²) in [5.74, 6) is 0.357. The fraction of sp³-hybridized carbons (Fsp3) is 0.455. The lowest BCUT2D eigenvalue weighted by atomic mass is 10.2. The number of methoxy groups -OCH3 is 1. The predicted molar refractivity (Wildman–Crippen MR) is 115 cm³/mol. The molecule has 1 atom stereocenters. The lowest BCUT2D eigenvalue weighted by molar-refractivity contribution is 0.0925. The van der Waals surface area contributed by atoms with Gasteiger partial charge in [-0.15, -0.1) is 0 Å². The number of ether oxygens (including phenoxy) is 2. The Morgan fingerprint density at radius 3 is 2.45 bits per heavy atom. The van der Waals surface area contributed by atoms with Crippen LogP contribution in [0.1, 0.15) is 24.0 Å². The highest BCUT2D eigenvalue weighted by Crippen LogP contribution is 2.30. The summed E-state index contributed by atoms with van der Waals surface area (Å²) in [7, 11) is 1.69. The molecule has 0 unspecified atom stereocenters. The molecule has 0 radical (unpaired) electrons. The molecule has 1 aliphatic rings. The molecule has 6 nitrogen and oxygen atoms in total. The molecule has 2 aromatic rings. The third-order valence-electron chi connectivity index (χ3n) is 5.18. The van der Waals surface area contributed by atoms with Crippen LogP contribution < -0.4 is 9.64 Å². The number of hydrogen-bond donors (Lipinski definition) is 0. The Hall–Kier alpha value is -2.09. The molecular formula is C22H30N2O4S. The highest BCUT2D eigenvalue weighted by atomic mass is 32.2. The van der Waals surface area contributed by atoms with Crippen molar-refractivity contribution in [3.05, 3.63) is 53.6 Å². The van der Waals surface area contributed by atoms with Crippen LogP contribution in [0, 0.1) is 6.92 Å². The van der Waals surface area contributed by atoms with Gasteiger partial charge in [-0.05, 0) is 55.2 Å². The maximum atomic E-state index is 13.6. The van der Waals surface area contributed by atoms with Crippen molar-refractivity contribution >= 4 is 15.7 Å². The number of aryl methyl sites for hydroxylation is 1. The molecule has 158 valence electrons. The normalized spacial score (nSPS) is 16.9. The molecule has 7 heteroatoms. The SMILES string of the molecule is COc1ccc(C)cc1S(=O)(=O)N(Cc1ccc(N(C)C)cc1)C[C@H]1CCCO1. The van der Waals surface area contributed by atoms with E-state index in [0.717, 1.165) is 29.7 Å². The van der Waals surface area contributed by atoms with Gasteiger partial charge < -0.3 is 14.4 Å². The molecule has 0 bridgehead atoms. The average Bonchev–Trinajstić information content (AvgIpc) is 3.21. The van der Waals surface area contributed by atoms with E-state index in [4.69, 9.17) is 9.47 Å². The van der Waals surface area contributed by atoms with Gasteiger partial charge in [-0.3, -0.25) is 0 Å². The Morgan fingerprint density at radius 1 is 1.14 bits per heavy atom. The lowest BCUT2D eigenvalue weighted by Gasteiger charge is -2.26. The van der Waals surface area contributed by atoms with E-state index in [0.29, 0.717) is 18.9 Å². The molecule has 1 saturated heterocycles. The van der Waals surface area contributed by atoms with Crippen molar-refractivity contribution in [1.82, 2.24) is 4.31 Å². The molecule has 0 amide bonds. The molecular weight excluding hydrogens is 388 g/mol. The van der Waals surface area contributed by atoms with Gasteiger partial charge in [0.15, 0.2) is 0 Å². The summed E-state index contributed by atoms with van der Waals surface area (Å²) in [5, 5.41) is 0. The monoisotopic (exact) mass is 418 g/mol. The fourth-order valence-corrected chi connectivity index (χ4v) is 5.19. The van der Waals surface area contributed by atoms with E-state index < -0.39 is 10.0 Å². The molecule has 0 N–H and O–H groups in total. The zero-order valence-electron chi connectivity index (χ0n) is 17.6. The second-order valence-corrected chi connectivity index (χ2v) is 9.55. The van der Waals surface area contributed by atoms with Crippen molar-refractivity contribution in [2.24, 2.45) is 0 Å². The van der Waals surface area contributed by atoms with Gasteiger partial charge in [0.25, 0.3) is 0 Å². The second kappa shape index (κ2) is 9.15. The van der Waals surface area contributed by atoms with Crippen molar-refractivity contribution in [3.8, 4) is 5.75 Å². The molecule has 29 heavy (non-hydrogen) atoms. The van der Waals surface area contributed by atoms with Crippen LogP contribution in [0.2, 0.25) is 0 Å². The number of nitrogens with zero attached hydrogens (tertiary/aromatic N) is 2. The van der Waals surface area contributed by atoms with Crippen LogP contribution in [0.15, 0.2) is 47.4 Å². The number of sulfonamides is 1. The molecule has 1 aliphatic heterocycles. The summed E-state index contributed by atoms with van der Waals surface area (Å²) < 4.78 is 39.8. The van der Waals surface area contributed by atoms with Crippen LogP contribution in [-0.4, -0.2) is 53.2 Å². The van der Waals surface area contributed by atoms with Crippen LogP contribution in [0.5, 0.6) is 5.75 Å². The van der Waals surface area contributed by atoms with E-state index in [1.165, 1.54) is 11.4 Å². The van der Waals surface area contributed by atoms with E-state index in [1.807, 2.05) is 56.3 Å². The maximum Gasteiger partial charge on any atom is 0.247 e. The Bertz CT molecular complexity index is 920. The summed E-state index contributed by atoms with van der Waals surface area (Å²) >= 11 is 0. The lowest BCUT2D eigenvalue weighted by Crippen LogP contribution is -2.37. The number of anilines is 1. The largest absolute Gasteiger partial charge is 0.495 e. The summed E-state index contributed by atoms with van der Waals surface area (Å²) in [6.07, 6.45) is 1.75. The van der Waals surface area contributed by atoms with Gasteiger partial charge in [-0.1, -0.05) is 18.2 Å². The van der Waals surface area contributed by atoms with E-state index in [2.05, 4.69) is 0 Å². The van der Waals surface area contributed by atoms with Crippen LogP contribution >= 0.6 is 0 Å². The average molecular weight is 419 g/mol. The predicted octanol–water partition coefficient (Wildman–Crippen LogP) is 3.44. The molecule has 1 fully saturated rings. The minimum absolute atomic E-state index is 0.0818. The molecule has 1 heterocycles. The fourth-order valence-electron chi connectivity index (χ4n) is 3.49. The second-order valence-electron chi connectivity index (χ2n) is 7.65. The summed E-state index contributed by atoms with van der Waals surface area (Å²) in [5.41, 5.74) is 2.88. The molecule has 0 spiro atoms. The van der Waals surface area contributed by atoms with E-state index in [1.54, 1.807) is 12.1 Å². The maximum absolute atomic E-state index is 13.6. The highest BCUT2D eigenvalue weighted by molar-refractivity contribution is 7.89. The number of benzene rings is 2. The summed E-state index contributed by atoms with van der Waals surface area (Å²) in [6.45, 7) is 3.18. The summed E-state index contributed by atoms with van der Waals surface area (Å²) in [4.78, 5) is 2.21.